The molecule has 14 heteroatoms. The molecule has 8 rings (SSSR count). The first-order chi connectivity index (χ1) is 28.4. The second-order valence-corrected chi connectivity index (χ2v) is 17.6. The first-order valence-corrected chi connectivity index (χ1v) is 21.0. The number of rotatable bonds is 10. The van der Waals surface area contributed by atoms with Gasteiger partial charge in [-0.05, 0) is 69.5 Å². The lowest BCUT2D eigenvalue weighted by molar-refractivity contribution is 0.0219. The lowest BCUT2D eigenvalue weighted by Crippen LogP contribution is -2.55. The average molecular weight is 821 g/mol. The summed E-state index contributed by atoms with van der Waals surface area (Å²) >= 11 is 6.80. The monoisotopic (exact) mass is 820 g/mol. The Balaban J connectivity index is 1.03. The zero-order valence-corrected chi connectivity index (χ0v) is 35.2. The summed E-state index contributed by atoms with van der Waals surface area (Å²) < 4.78 is 18.0. The fraction of sp³-hybridized carbons (Fsp3) is 0.489. The van der Waals surface area contributed by atoms with Crippen LogP contribution < -0.4 is 14.5 Å². The number of aromatic nitrogens is 2. The van der Waals surface area contributed by atoms with Crippen molar-refractivity contribution in [3.8, 4) is 12.1 Å². The average Bonchev–Trinajstić information content (AvgIpc) is 3.86. The van der Waals surface area contributed by atoms with Gasteiger partial charge in [0.2, 0.25) is 0 Å². The number of amides is 2. The van der Waals surface area contributed by atoms with Crippen LogP contribution in [0.25, 0.3) is 10.8 Å². The molecule has 59 heavy (non-hydrogen) atoms. The van der Waals surface area contributed by atoms with E-state index in [-0.39, 0.29) is 36.7 Å². The van der Waals surface area contributed by atoms with Gasteiger partial charge in [0.1, 0.15) is 24.6 Å². The summed E-state index contributed by atoms with van der Waals surface area (Å²) in [6.45, 7) is 10.4. The molecule has 1 saturated carbocycles. The number of ether oxygens (including phenoxy) is 3. The molecule has 4 heterocycles. The van der Waals surface area contributed by atoms with Crippen molar-refractivity contribution < 1.29 is 23.8 Å². The Kier molecular flexibility index (Phi) is 11.5. The molecule has 310 valence electrons. The van der Waals surface area contributed by atoms with Gasteiger partial charge in [-0.25, -0.2) is 9.59 Å². The van der Waals surface area contributed by atoms with Crippen LogP contribution in [0.3, 0.4) is 0 Å². The molecule has 2 atom stereocenters. The molecule has 3 aromatic carbocycles. The smallest absolute Gasteiger partial charge is 0.410 e. The molecule has 1 aromatic heterocycles. The second-order valence-electron chi connectivity index (χ2n) is 17.2. The van der Waals surface area contributed by atoms with Gasteiger partial charge < -0.3 is 33.8 Å². The third-order valence-corrected chi connectivity index (χ3v) is 12.4. The number of piperazine rings is 1. The standard InChI is InChI=1S/C45H53ClN8O5/c1-44(2,3)59-42(55)50(4)33-17-23-53(27-33)45(19-20-45)30-58-41-48-37-28-51(38-15-9-13-32-12-8-14-36(46)39(32)38)22-18-35(37)40(49-41)52-24-25-54(34(26-52)16-21-47)43(56)57-29-31-10-6-5-7-11-31/h5-15,33-34H,16-20,22-30H2,1-4H3/t33?,34-/m0/s1. The van der Waals surface area contributed by atoms with E-state index in [1.54, 1.807) is 9.80 Å². The number of carbonyl (C=O) groups is 2. The van der Waals surface area contributed by atoms with E-state index in [0.29, 0.717) is 50.2 Å². The number of nitrogens with zero attached hydrogens (tertiary/aromatic N) is 8. The predicted molar refractivity (Wildman–Crippen MR) is 227 cm³/mol. The van der Waals surface area contributed by atoms with Gasteiger partial charge >= 0.3 is 18.2 Å². The van der Waals surface area contributed by atoms with E-state index < -0.39 is 11.7 Å². The van der Waals surface area contributed by atoms with Crippen LogP contribution in [0.2, 0.25) is 5.02 Å². The maximum atomic E-state index is 13.4. The van der Waals surface area contributed by atoms with Crippen LogP contribution in [0.1, 0.15) is 63.3 Å². The number of halogens is 1. The maximum Gasteiger partial charge on any atom is 0.410 e. The van der Waals surface area contributed by atoms with E-state index in [0.717, 1.165) is 78.0 Å². The number of carbonyl (C=O) groups excluding carboxylic acids is 2. The normalized spacial score (nSPS) is 20.2. The van der Waals surface area contributed by atoms with Crippen LogP contribution >= 0.6 is 11.6 Å². The van der Waals surface area contributed by atoms with Crippen LogP contribution in [0, 0.1) is 11.3 Å². The molecule has 3 aliphatic heterocycles. The zero-order chi connectivity index (χ0) is 41.3. The Hall–Kier alpha value is -5.32. The van der Waals surface area contributed by atoms with Crippen LogP contribution in [-0.4, -0.2) is 113 Å². The van der Waals surface area contributed by atoms with Gasteiger partial charge in [0.05, 0.1) is 41.3 Å². The molecule has 0 spiro atoms. The second kappa shape index (κ2) is 16.7. The quantitative estimate of drug-likeness (QED) is 0.158. The fourth-order valence-corrected chi connectivity index (χ4v) is 8.98. The molecule has 1 aliphatic carbocycles. The first-order valence-electron chi connectivity index (χ1n) is 20.7. The van der Waals surface area contributed by atoms with Crippen molar-refractivity contribution in [1.82, 2.24) is 24.7 Å². The topological polar surface area (TPSA) is 128 Å². The minimum Gasteiger partial charge on any atom is -0.461 e. The van der Waals surface area contributed by atoms with Crippen molar-refractivity contribution in [1.29, 1.82) is 5.26 Å². The number of hydrogen-bond acceptors (Lipinski definition) is 11. The van der Waals surface area contributed by atoms with E-state index in [2.05, 4.69) is 45.0 Å². The molecule has 3 fully saturated rings. The van der Waals surface area contributed by atoms with Gasteiger partial charge in [-0.3, -0.25) is 4.90 Å². The molecule has 2 saturated heterocycles. The molecule has 4 aromatic rings. The third kappa shape index (κ3) is 8.85. The number of benzene rings is 3. The van der Waals surface area contributed by atoms with Crippen LogP contribution in [0.15, 0.2) is 66.7 Å². The molecule has 13 nitrogen and oxygen atoms in total. The summed E-state index contributed by atoms with van der Waals surface area (Å²) in [6.07, 6.45) is 2.96. The Bertz CT molecular complexity index is 2220. The maximum absolute atomic E-state index is 13.4. The van der Waals surface area contributed by atoms with Crippen molar-refractivity contribution >= 4 is 46.1 Å². The molecular formula is C45H53ClN8O5. The highest BCUT2D eigenvalue weighted by Gasteiger charge is 2.52. The van der Waals surface area contributed by atoms with Gasteiger partial charge in [0.15, 0.2) is 0 Å². The molecule has 0 N–H and O–H groups in total. The Morgan fingerprint density at radius 1 is 0.966 bits per heavy atom. The number of likely N-dealkylation sites (tertiary alicyclic amines) is 1. The van der Waals surface area contributed by atoms with Crippen molar-refractivity contribution in [2.24, 2.45) is 0 Å². The summed E-state index contributed by atoms with van der Waals surface area (Å²) in [6, 6.07) is 24.1. The van der Waals surface area contributed by atoms with Gasteiger partial charge in [0.25, 0.3) is 0 Å². The van der Waals surface area contributed by atoms with Crippen LogP contribution in [-0.2, 0) is 29.0 Å². The lowest BCUT2D eigenvalue weighted by atomic mass is 10.0. The first kappa shape index (κ1) is 40.5. The van der Waals surface area contributed by atoms with Crippen molar-refractivity contribution in [3.05, 3.63) is 88.6 Å². The van der Waals surface area contributed by atoms with E-state index >= 15 is 0 Å². The van der Waals surface area contributed by atoms with Gasteiger partial charge in [-0.15, -0.1) is 0 Å². The number of nitriles is 1. The summed E-state index contributed by atoms with van der Waals surface area (Å²) in [5, 5.41) is 12.7. The molecular weight excluding hydrogens is 768 g/mol. The molecule has 0 radical (unpaired) electrons. The van der Waals surface area contributed by atoms with Gasteiger partial charge in [-0.1, -0.05) is 66.2 Å². The zero-order valence-electron chi connectivity index (χ0n) is 34.4. The lowest BCUT2D eigenvalue weighted by Gasteiger charge is -2.42. The van der Waals surface area contributed by atoms with Gasteiger partial charge in [-0.2, -0.15) is 15.2 Å². The largest absolute Gasteiger partial charge is 0.461 e. The summed E-state index contributed by atoms with van der Waals surface area (Å²) in [7, 11) is 1.82. The Morgan fingerprint density at radius 2 is 1.75 bits per heavy atom. The van der Waals surface area contributed by atoms with Crippen molar-refractivity contribution in [2.45, 2.75) is 89.3 Å². The highest BCUT2D eigenvalue weighted by Crippen LogP contribution is 2.45. The SMILES string of the molecule is CN(C(=O)OC(C)(C)C)C1CCN(C2(COc3nc4c(c(N5CCN(C(=O)OCc6ccccc6)[C@@H](CC#N)C5)n3)CCN(c3cccc5cccc(Cl)c35)C4)CC2)C1. The van der Waals surface area contributed by atoms with Crippen LogP contribution in [0.5, 0.6) is 6.01 Å². The van der Waals surface area contributed by atoms with Gasteiger partial charge in [0, 0.05) is 69.0 Å². The van der Waals surface area contributed by atoms with E-state index in [1.165, 1.54) is 0 Å². The Morgan fingerprint density at radius 3 is 2.49 bits per heavy atom. The van der Waals surface area contributed by atoms with E-state index in [1.807, 2.05) is 70.3 Å². The van der Waals surface area contributed by atoms with E-state index in [4.69, 9.17) is 35.8 Å². The number of likely N-dealkylation sites (N-methyl/N-ethyl adjacent to an activating group) is 1. The number of hydrogen-bond donors (Lipinski definition) is 0. The third-order valence-electron chi connectivity index (χ3n) is 12.1. The summed E-state index contributed by atoms with van der Waals surface area (Å²) in [5.74, 6) is 0.783. The molecule has 4 aliphatic rings. The van der Waals surface area contributed by atoms with Crippen LogP contribution in [0.4, 0.5) is 21.1 Å². The summed E-state index contributed by atoms with van der Waals surface area (Å²) in [5.41, 5.74) is 3.17. The highest BCUT2D eigenvalue weighted by molar-refractivity contribution is 6.36. The summed E-state index contributed by atoms with van der Waals surface area (Å²) in [4.78, 5) is 46.9. The van der Waals surface area contributed by atoms with Crippen molar-refractivity contribution in [2.75, 3.05) is 62.7 Å². The highest BCUT2D eigenvalue weighted by atomic mass is 35.5. The number of anilines is 2. The molecule has 1 unspecified atom stereocenters. The van der Waals surface area contributed by atoms with Crippen molar-refractivity contribution in [3.63, 3.8) is 0 Å². The molecule has 0 bridgehead atoms. The Labute approximate surface area is 351 Å². The molecule has 2 amide bonds. The number of fused-ring (bicyclic) bond motifs is 2. The fourth-order valence-electron chi connectivity index (χ4n) is 8.70. The predicted octanol–water partition coefficient (Wildman–Crippen LogP) is 7.44. The minimum absolute atomic E-state index is 0.0538. The van der Waals surface area contributed by atoms with E-state index in [9.17, 15) is 14.9 Å². The minimum atomic E-state index is -0.555.